The zero-order valence-corrected chi connectivity index (χ0v) is 18.0. The maximum atomic E-state index is 13.0. The van der Waals surface area contributed by atoms with E-state index in [-0.39, 0.29) is 35.9 Å². The van der Waals surface area contributed by atoms with Crippen molar-refractivity contribution in [3.05, 3.63) is 137 Å². The second-order valence-corrected chi connectivity index (χ2v) is 7.79. The quantitative estimate of drug-likeness (QED) is 0.358. The second-order valence-electron chi connectivity index (χ2n) is 7.79. The molecule has 4 nitrogen and oxygen atoms in total. The molecule has 4 rings (SSSR count). The van der Waals surface area contributed by atoms with Gasteiger partial charge >= 0.3 is 0 Å². The summed E-state index contributed by atoms with van der Waals surface area (Å²) in [6.45, 7) is 0. The lowest BCUT2D eigenvalue weighted by atomic mass is 9.95. The van der Waals surface area contributed by atoms with Crippen molar-refractivity contribution in [2.75, 3.05) is 5.32 Å². The Morgan fingerprint density at radius 3 is 1.36 bits per heavy atom. The lowest BCUT2D eigenvalue weighted by molar-refractivity contribution is 0.0992. The van der Waals surface area contributed by atoms with E-state index in [1.165, 1.54) is 0 Å². The number of Topliss-reactive ketones (excluding diaryl/α,β-unsaturated/α-hetero) is 2. The molecule has 0 spiro atoms. The minimum absolute atomic E-state index is 0.149. The van der Waals surface area contributed by atoms with Crippen molar-refractivity contribution in [3.63, 3.8) is 0 Å². The summed E-state index contributed by atoms with van der Waals surface area (Å²) < 4.78 is 0. The molecular weight excluding hydrogens is 410 g/mol. The zero-order chi connectivity index (χ0) is 23.0. The zero-order valence-electron chi connectivity index (χ0n) is 18.0. The largest absolute Gasteiger partial charge is 0.322 e. The van der Waals surface area contributed by atoms with Crippen LogP contribution in [0.25, 0.3) is 0 Å². The van der Waals surface area contributed by atoms with Crippen LogP contribution in [-0.2, 0) is 12.8 Å². The molecule has 1 amide bonds. The Morgan fingerprint density at radius 2 is 0.909 bits per heavy atom. The lowest BCUT2D eigenvalue weighted by Crippen LogP contribution is -2.15. The number of hydrogen-bond acceptors (Lipinski definition) is 3. The highest BCUT2D eigenvalue weighted by Crippen LogP contribution is 2.18. The molecule has 4 heteroatoms. The molecule has 0 heterocycles. The fraction of sp³-hybridized carbons (Fsp3) is 0.0690. The summed E-state index contributed by atoms with van der Waals surface area (Å²) in [4.78, 5) is 39.0. The van der Waals surface area contributed by atoms with E-state index in [1.807, 2.05) is 78.9 Å². The third-order valence-electron chi connectivity index (χ3n) is 5.29. The van der Waals surface area contributed by atoms with E-state index in [2.05, 4.69) is 5.32 Å². The van der Waals surface area contributed by atoms with Crippen molar-refractivity contribution in [2.45, 2.75) is 12.8 Å². The van der Waals surface area contributed by atoms with Crippen molar-refractivity contribution in [3.8, 4) is 0 Å². The van der Waals surface area contributed by atoms with Gasteiger partial charge in [-0.2, -0.15) is 0 Å². The lowest BCUT2D eigenvalue weighted by Gasteiger charge is -2.10. The average Bonchev–Trinajstić information content (AvgIpc) is 2.85. The number of carbonyl (C=O) groups is 3. The van der Waals surface area contributed by atoms with Crippen LogP contribution >= 0.6 is 0 Å². The molecular formula is C29H23NO3. The predicted molar refractivity (Wildman–Crippen MR) is 130 cm³/mol. The van der Waals surface area contributed by atoms with Gasteiger partial charge in [-0.25, -0.2) is 0 Å². The van der Waals surface area contributed by atoms with Gasteiger partial charge in [0.25, 0.3) is 5.91 Å². The minimum Gasteiger partial charge on any atom is -0.322 e. The first-order valence-electron chi connectivity index (χ1n) is 10.7. The third kappa shape index (κ3) is 5.89. The Balaban J connectivity index is 1.65. The van der Waals surface area contributed by atoms with Crippen LogP contribution in [0.2, 0.25) is 0 Å². The van der Waals surface area contributed by atoms with Crippen LogP contribution < -0.4 is 5.32 Å². The smallest absolute Gasteiger partial charge is 0.255 e. The van der Waals surface area contributed by atoms with E-state index in [4.69, 9.17) is 0 Å². The minimum atomic E-state index is -0.371. The molecule has 162 valence electrons. The highest BCUT2D eigenvalue weighted by molar-refractivity contribution is 6.09. The SMILES string of the molecule is O=C(Cc1ccccc1)c1cc(C(=O)Cc2ccccc2)cc(C(=O)Nc2ccccc2)c1. The summed E-state index contributed by atoms with van der Waals surface area (Å²) >= 11 is 0. The van der Waals surface area contributed by atoms with Gasteiger partial charge in [0.1, 0.15) is 0 Å². The van der Waals surface area contributed by atoms with E-state index in [1.54, 1.807) is 30.3 Å². The van der Waals surface area contributed by atoms with Crippen molar-refractivity contribution >= 4 is 23.2 Å². The standard InChI is InChI=1S/C29H23NO3/c31-27(16-21-10-4-1-5-11-21)23-18-24(28(32)17-22-12-6-2-7-13-22)20-25(19-23)29(33)30-26-14-8-3-9-15-26/h1-15,18-20H,16-17H2,(H,30,33). The number of anilines is 1. The van der Waals surface area contributed by atoms with Gasteiger partial charge in [-0.15, -0.1) is 0 Å². The normalized spacial score (nSPS) is 10.4. The maximum Gasteiger partial charge on any atom is 0.255 e. The monoisotopic (exact) mass is 433 g/mol. The number of ketones is 2. The Bertz CT molecular complexity index is 1090. The van der Waals surface area contributed by atoms with Gasteiger partial charge in [0, 0.05) is 35.2 Å². The van der Waals surface area contributed by atoms with Crippen LogP contribution in [-0.4, -0.2) is 17.5 Å². The first-order valence-corrected chi connectivity index (χ1v) is 10.7. The molecule has 33 heavy (non-hydrogen) atoms. The van der Waals surface area contributed by atoms with Gasteiger partial charge in [0.2, 0.25) is 0 Å². The molecule has 0 aliphatic heterocycles. The first kappa shape index (κ1) is 21.9. The van der Waals surface area contributed by atoms with Gasteiger partial charge in [0.15, 0.2) is 11.6 Å². The number of nitrogens with one attached hydrogen (secondary N) is 1. The molecule has 0 radical (unpaired) electrons. The Hall–Kier alpha value is -4.31. The van der Waals surface area contributed by atoms with Crippen molar-refractivity contribution in [1.82, 2.24) is 0 Å². The Kier molecular flexibility index (Phi) is 6.86. The van der Waals surface area contributed by atoms with Crippen LogP contribution in [0.5, 0.6) is 0 Å². The van der Waals surface area contributed by atoms with Crippen molar-refractivity contribution in [1.29, 1.82) is 0 Å². The summed E-state index contributed by atoms with van der Waals surface area (Å²) in [6, 6.07) is 32.6. The Morgan fingerprint density at radius 1 is 0.515 bits per heavy atom. The fourth-order valence-electron chi connectivity index (χ4n) is 3.57. The molecule has 0 aliphatic carbocycles. The highest BCUT2D eigenvalue weighted by Gasteiger charge is 2.17. The number of amides is 1. The van der Waals surface area contributed by atoms with Crippen LogP contribution in [0.3, 0.4) is 0 Å². The van der Waals surface area contributed by atoms with Crippen molar-refractivity contribution < 1.29 is 14.4 Å². The van der Waals surface area contributed by atoms with Crippen LogP contribution in [0.15, 0.2) is 109 Å². The highest BCUT2D eigenvalue weighted by atomic mass is 16.2. The van der Waals surface area contributed by atoms with E-state index in [0.29, 0.717) is 16.8 Å². The van der Waals surface area contributed by atoms with Crippen molar-refractivity contribution in [2.24, 2.45) is 0 Å². The van der Waals surface area contributed by atoms with Crippen LogP contribution in [0, 0.1) is 0 Å². The van der Waals surface area contributed by atoms with E-state index >= 15 is 0 Å². The predicted octanol–water partition coefficient (Wildman–Crippen LogP) is 5.79. The van der Waals surface area contributed by atoms with Gasteiger partial charge in [0.05, 0.1) is 0 Å². The number of hydrogen-bond donors (Lipinski definition) is 1. The molecule has 0 bridgehead atoms. The molecule has 0 aromatic heterocycles. The number of rotatable bonds is 8. The third-order valence-corrected chi connectivity index (χ3v) is 5.29. The van der Waals surface area contributed by atoms with E-state index in [9.17, 15) is 14.4 Å². The summed E-state index contributed by atoms with van der Waals surface area (Å²) in [6.07, 6.45) is 0.383. The van der Waals surface area contributed by atoms with Gasteiger partial charge in [-0.3, -0.25) is 14.4 Å². The van der Waals surface area contributed by atoms with Gasteiger partial charge in [-0.1, -0.05) is 78.9 Å². The summed E-state index contributed by atoms with van der Waals surface area (Å²) in [5, 5.41) is 2.83. The second kappa shape index (κ2) is 10.3. The first-order chi connectivity index (χ1) is 16.1. The van der Waals surface area contributed by atoms with E-state index in [0.717, 1.165) is 11.1 Å². The topological polar surface area (TPSA) is 63.2 Å². The molecule has 0 unspecified atom stereocenters. The van der Waals surface area contributed by atoms with Crippen LogP contribution in [0.1, 0.15) is 42.2 Å². The summed E-state index contributed by atoms with van der Waals surface area (Å²) in [5.74, 6) is -0.669. The fourth-order valence-corrected chi connectivity index (χ4v) is 3.57. The molecule has 4 aromatic rings. The molecule has 1 N–H and O–H groups in total. The van der Waals surface area contributed by atoms with Gasteiger partial charge < -0.3 is 5.32 Å². The molecule has 0 saturated carbocycles. The molecule has 0 aliphatic rings. The summed E-state index contributed by atoms with van der Waals surface area (Å²) in [5.41, 5.74) is 3.35. The molecule has 0 fully saturated rings. The molecule has 0 saturated heterocycles. The average molecular weight is 434 g/mol. The number of para-hydroxylation sites is 1. The van der Waals surface area contributed by atoms with Crippen LogP contribution in [0.4, 0.5) is 5.69 Å². The summed E-state index contributed by atoms with van der Waals surface area (Å²) in [7, 11) is 0. The van der Waals surface area contributed by atoms with E-state index < -0.39 is 0 Å². The molecule has 4 aromatic carbocycles. The maximum absolute atomic E-state index is 13.0. The number of benzene rings is 4. The number of carbonyl (C=O) groups excluding carboxylic acids is 3. The van der Waals surface area contributed by atoms with Gasteiger partial charge in [-0.05, 0) is 41.5 Å². The molecule has 0 atom stereocenters. The Labute approximate surface area is 192 Å².